The maximum absolute atomic E-state index is 5.47. The molecule has 0 aliphatic heterocycles. The molecule has 132 valence electrons. The lowest BCUT2D eigenvalue weighted by Gasteiger charge is -2.09. The first-order valence-electron chi connectivity index (χ1n) is 8.05. The van der Waals surface area contributed by atoms with Gasteiger partial charge in [-0.3, -0.25) is 5.10 Å². The Balaban J connectivity index is 0.00000225. The Bertz CT molecular complexity index is 799. The zero-order valence-electron chi connectivity index (χ0n) is 14.7. The summed E-state index contributed by atoms with van der Waals surface area (Å²) in [7, 11) is 4.12. The van der Waals surface area contributed by atoms with Crippen molar-refractivity contribution in [1.82, 2.24) is 20.1 Å². The molecule has 0 saturated heterocycles. The van der Waals surface area contributed by atoms with Gasteiger partial charge in [-0.15, -0.1) is 12.4 Å². The minimum absolute atomic E-state index is 0. The quantitative estimate of drug-likeness (QED) is 0.723. The Hall–Kier alpha value is -2.37. The molecule has 0 fully saturated rings. The number of hydrogen-bond donors (Lipinski definition) is 1. The molecule has 1 N–H and O–H groups in total. The molecule has 0 aliphatic carbocycles. The molecule has 3 aromatic rings. The number of hydrogen-bond acceptors (Lipinski definition) is 4. The first-order valence-corrected chi connectivity index (χ1v) is 8.05. The molecule has 1 heterocycles. The molecule has 0 bridgehead atoms. The third kappa shape index (κ3) is 4.81. The average Bonchev–Trinajstić information content (AvgIpc) is 3.05. The highest BCUT2D eigenvalue weighted by Gasteiger charge is 2.09. The van der Waals surface area contributed by atoms with Gasteiger partial charge in [-0.25, -0.2) is 4.98 Å². The second-order valence-electron chi connectivity index (χ2n) is 5.90. The Labute approximate surface area is 154 Å². The van der Waals surface area contributed by atoms with E-state index < -0.39 is 0 Å². The lowest BCUT2D eigenvalue weighted by molar-refractivity contribution is 0.340. The molecule has 1 aromatic heterocycles. The normalized spacial score (nSPS) is 10.6. The zero-order chi connectivity index (χ0) is 16.9. The second kappa shape index (κ2) is 8.65. The maximum atomic E-state index is 5.47. The molecule has 25 heavy (non-hydrogen) atoms. The van der Waals surface area contributed by atoms with Crippen LogP contribution in [0.5, 0.6) is 5.75 Å². The molecule has 5 nitrogen and oxygen atoms in total. The van der Waals surface area contributed by atoms with E-state index in [-0.39, 0.29) is 12.4 Å². The van der Waals surface area contributed by atoms with Gasteiger partial charge in [-0.1, -0.05) is 18.2 Å². The summed E-state index contributed by atoms with van der Waals surface area (Å²) in [6.07, 6.45) is 0. The maximum Gasteiger partial charge on any atom is 0.181 e. The van der Waals surface area contributed by atoms with Crippen LogP contribution in [0.4, 0.5) is 0 Å². The van der Waals surface area contributed by atoms with Crippen LogP contribution in [0.1, 0.15) is 12.5 Å². The topological polar surface area (TPSA) is 54.0 Å². The molecule has 6 heteroatoms. The van der Waals surface area contributed by atoms with E-state index in [2.05, 4.69) is 46.3 Å². The molecule has 0 atom stereocenters. The molecule has 0 spiro atoms. The van der Waals surface area contributed by atoms with Crippen LogP contribution in [-0.4, -0.2) is 40.8 Å². The predicted molar refractivity (Wildman–Crippen MR) is 103 cm³/mol. The number of nitrogens with zero attached hydrogens (tertiary/aromatic N) is 3. The predicted octanol–water partition coefficient (Wildman–Crippen LogP) is 4.02. The highest BCUT2D eigenvalue weighted by molar-refractivity contribution is 5.85. The molecule has 0 amide bonds. The molecule has 3 rings (SSSR count). The number of rotatable bonds is 6. The van der Waals surface area contributed by atoms with Crippen molar-refractivity contribution in [2.45, 2.75) is 13.5 Å². The number of halogens is 1. The van der Waals surface area contributed by atoms with Crippen molar-refractivity contribution in [2.24, 2.45) is 0 Å². The highest BCUT2D eigenvalue weighted by atomic mass is 35.5. The summed E-state index contributed by atoms with van der Waals surface area (Å²) in [5.41, 5.74) is 3.24. The Kier molecular flexibility index (Phi) is 6.56. The van der Waals surface area contributed by atoms with Crippen LogP contribution in [-0.2, 0) is 6.54 Å². The largest absolute Gasteiger partial charge is 0.494 e. The molecule has 0 unspecified atom stereocenters. The number of H-pyrrole nitrogens is 1. The van der Waals surface area contributed by atoms with Crippen LogP contribution < -0.4 is 4.74 Å². The van der Waals surface area contributed by atoms with Gasteiger partial charge in [0.1, 0.15) is 5.75 Å². The van der Waals surface area contributed by atoms with Gasteiger partial charge in [-0.05, 0) is 56.9 Å². The number of ether oxygens (including phenoxy) is 1. The van der Waals surface area contributed by atoms with E-state index in [1.807, 2.05) is 43.3 Å². The van der Waals surface area contributed by atoms with Crippen molar-refractivity contribution >= 4 is 12.4 Å². The first-order chi connectivity index (χ1) is 11.7. The van der Waals surface area contributed by atoms with E-state index in [9.17, 15) is 0 Å². The van der Waals surface area contributed by atoms with Gasteiger partial charge in [-0.2, -0.15) is 5.10 Å². The van der Waals surface area contributed by atoms with Gasteiger partial charge in [0, 0.05) is 17.7 Å². The number of aromatic nitrogens is 3. The second-order valence-corrected chi connectivity index (χ2v) is 5.90. The number of nitrogens with one attached hydrogen (secondary N) is 1. The summed E-state index contributed by atoms with van der Waals surface area (Å²) in [4.78, 5) is 6.77. The third-order valence-electron chi connectivity index (χ3n) is 3.61. The summed E-state index contributed by atoms with van der Waals surface area (Å²) in [6, 6.07) is 16.2. The van der Waals surface area contributed by atoms with Crippen LogP contribution in [0.15, 0.2) is 48.5 Å². The minimum atomic E-state index is 0. The van der Waals surface area contributed by atoms with Crippen LogP contribution in [0.2, 0.25) is 0 Å². The Morgan fingerprint density at radius 1 is 1.04 bits per heavy atom. The lowest BCUT2D eigenvalue weighted by atomic mass is 10.1. The zero-order valence-corrected chi connectivity index (χ0v) is 15.5. The lowest BCUT2D eigenvalue weighted by Crippen LogP contribution is -2.10. The molecule has 0 radical (unpaired) electrons. The summed E-state index contributed by atoms with van der Waals surface area (Å²) >= 11 is 0. The van der Waals surface area contributed by atoms with Crippen molar-refractivity contribution in [3.8, 4) is 28.5 Å². The molecule has 2 aromatic carbocycles. The van der Waals surface area contributed by atoms with Crippen molar-refractivity contribution in [3.05, 3.63) is 54.1 Å². The SMILES string of the molecule is CCOc1ccc(-c2nc(-c3cccc(CN(C)C)c3)n[nH]2)cc1.Cl. The van der Waals surface area contributed by atoms with Gasteiger partial charge in [0.15, 0.2) is 11.6 Å². The number of benzene rings is 2. The Morgan fingerprint density at radius 2 is 1.80 bits per heavy atom. The molecular formula is C19H23ClN4O. The fraction of sp³-hybridized carbons (Fsp3) is 0.263. The van der Waals surface area contributed by atoms with E-state index in [1.165, 1.54) is 5.56 Å². The average molecular weight is 359 g/mol. The third-order valence-corrected chi connectivity index (χ3v) is 3.61. The van der Waals surface area contributed by atoms with E-state index in [0.717, 1.165) is 29.2 Å². The van der Waals surface area contributed by atoms with Gasteiger partial charge in [0.2, 0.25) is 0 Å². The van der Waals surface area contributed by atoms with Crippen molar-refractivity contribution in [2.75, 3.05) is 20.7 Å². The standard InChI is InChI=1S/C19H22N4O.ClH/c1-4-24-17-10-8-15(9-11-17)18-20-19(22-21-18)16-7-5-6-14(12-16)13-23(2)3;/h5-12H,4,13H2,1-3H3,(H,20,21,22);1H. The molecular weight excluding hydrogens is 336 g/mol. The Morgan fingerprint density at radius 3 is 2.48 bits per heavy atom. The fourth-order valence-electron chi connectivity index (χ4n) is 2.57. The van der Waals surface area contributed by atoms with E-state index in [0.29, 0.717) is 12.4 Å². The highest BCUT2D eigenvalue weighted by Crippen LogP contribution is 2.23. The van der Waals surface area contributed by atoms with Gasteiger partial charge < -0.3 is 9.64 Å². The summed E-state index contributed by atoms with van der Waals surface area (Å²) in [5, 5.41) is 7.38. The van der Waals surface area contributed by atoms with Crippen molar-refractivity contribution in [1.29, 1.82) is 0 Å². The monoisotopic (exact) mass is 358 g/mol. The van der Waals surface area contributed by atoms with Crippen LogP contribution in [0.25, 0.3) is 22.8 Å². The number of aromatic amines is 1. The van der Waals surface area contributed by atoms with Gasteiger partial charge >= 0.3 is 0 Å². The van der Waals surface area contributed by atoms with E-state index in [4.69, 9.17) is 4.74 Å². The minimum Gasteiger partial charge on any atom is -0.494 e. The van der Waals surface area contributed by atoms with E-state index in [1.54, 1.807) is 0 Å². The van der Waals surface area contributed by atoms with E-state index >= 15 is 0 Å². The van der Waals surface area contributed by atoms with Crippen LogP contribution in [0.3, 0.4) is 0 Å². The van der Waals surface area contributed by atoms with Gasteiger partial charge in [0.05, 0.1) is 6.61 Å². The molecule has 0 saturated carbocycles. The van der Waals surface area contributed by atoms with Gasteiger partial charge in [0.25, 0.3) is 0 Å². The summed E-state index contributed by atoms with van der Waals surface area (Å²) < 4.78 is 5.47. The smallest absolute Gasteiger partial charge is 0.181 e. The van der Waals surface area contributed by atoms with Crippen LogP contribution in [0, 0.1) is 0 Å². The fourth-order valence-corrected chi connectivity index (χ4v) is 2.57. The van der Waals surface area contributed by atoms with Crippen LogP contribution >= 0.6 is 12.4 Å². The van der Waals surface area contributed by atoms with Crippen molar-refractivity contribution in [3.63, 3.8) is 0 Å². The summed E-state index contributed by atoms with van der Waals surface area (Å²) in [6.45, 7) is 3.53. The molecule has 0 aliphatic rings. The first kappa shape index (κ1) is 19.0. The summed E-state index contributed by atoms with van der Waals surface area (Å²) in [5.74, 6) is 2.32. The van der Waals surface area contributed by atoms with Crippen molar-refractivity contribution < 1.29 is 4.74 Å².